The average Bonchev–Trinajstić information content (AvgIpc) is 2.50. The zero-order chi connectivity index (χ0) is 17.5. The van der Waals surface area contributed by atoms with Crippen LogP contribution >= 0.6 is 45.2 Å². The number of aliphatic hydroxyl groups excluding tert-OH is 1. The van der Waals surface area contributed by atoms with E-state index in [-0.39, 0.29) is 6.10 Å². The monoisotopic (exact) mass is 552 g/mol. The molecule has 0 aromatic carbocycles. The number of hydrogen-bond acceptors (Lipinski definition) is 2. The number of carboxylic acid groups (broad SMARTS) is 1. The number of aliphatic hydroxyl groups is 1. The van der Waals surface area contributed by atoms with Crippen molar-refractivity contribution in [1.29, 1.82) is 0 Å². The Balaban J connectivity index is 3.57. The number of carboxylic acids is 1. The van der Waals surface area contributed by atoms with Crippen LogP contribution in [0.1, 0.15) is 90.4 Å². The topological polar surface area (TPSA) is 57.5 Å². The Morgan fingerprint density at radius 3 is 2.09 bits per heavy atom. The van der Waals surface area contributed by atoms with Gasteiger partial charge in [-0.25, -0.2) is 0 Å². The molecular formula is C18H34I2O3. The lowest BCUT2D eigenvalue weighted by Gasteiger charge is -2.20. The lowest BCUT2D eigenvalue weighted by Crippen LogP contribution is -2.21. The van der Waals surface area contributed by atoms with E-state index in [0.717, 1.165) is 38.5 Å². The highest BCUT2D eigenvalue weighted by molar-refractivity contribution is 14.1. The molecule has 0 amide bonds. The molecule has 0 fully saturated rings. The van der Waals surface area contributed by atoms with Gasteiger partial charge in [0.25, 0.3) is 0 Å². The fraction of sp³-hybridized carbons (Fsp3) is 0.944. The fourth-order valence-corrected chi connectivity index (χ4v) is 4.34. The molecule has 3 unspecified atom stereocenters. The van der Waals surface area contributed by atoms with Crippen LogP contribution < -0.4 is 0 Å². The summed E-state index contributed by atoms with van der Waals surface area (Å²) in [6.07, 6.45) is 13.6. The highest BCUT2D eigenvalue weighted by atomic mass is 127. The molecule has 0 aromatic heterocycles. The Kier molecular flexibility index (Phi) is 17.0. The van der Waals surface area contributed by atoms with E-state index < -0.39 is 5.97 Å². The molecule has 0 saturated carbocycles. The number of halogens is 2. The minimum absolute atomic E-state index is 0.137. The zero-order valence-electron chi connectivity index (χ0n) is 14.5. The predicted octanol–water partition coefficient (Wildman–Crippen LogP) is 6.13. The Hall–Kier alpha value is 0.890. The van der Waals surface area contributed by atoms with Crippen molar-refractivity contribution in [3.8, 4) is 0 Å². The van der Waals surface area contributed by atoms with Crippen LogP contribution in [0.15, 0.2) is 0 Å². The molecule has 0 heterocycles. The van der Waals surface area contributed by atoms with Crippen LogP contribution in [0.2, 0.25) is 0 Å². The second-order valence-corrected chi connectivity index (χ2v) is 9.67. The largest absolute Gasteiger partial charge is 0.481 e. The van der Waals surface area contributed by atoms with E-state index in [1.807, 2.05) is 0 Å². The van der Waals surface area contributed by atoms with Crippen molar-refractivity contribution in [2.45, 2.75) is 104 Å². The highest BCUT2D eigenvalue weighted by Crippen LogP contribution is 2.26. The molecule has 0 aliphatic heterocycles. The molecule has 3 nitrogen and oxygen atoms in total. The minimum Gasteiger partial charge on any atom is -0.481 e. The van der Waals surface area contributed by atoms with Crippen LogP contribution in [0, 0.1) is 0 Å². The SMILES string of the molecule is CCCCCCC(O)CC(I)C(I)CCCCCCCC(=O)O. The molecule has 0 rings (SSSR count). The van der Waals surface area contributed by atoms with Crippen molar-refractivity contribution in [3.63, 3.8) is 0 Å². The Morgan fingerprint density at radius 2 is 1.43 bits per heavy atom. The number of rotatable bonds is 16. The molecule has 0 bridgehead atoms. The fourth-order valence-electron chi connectivity index (χ4n) is 2.66. The molecule has 0 radical (unpaired) electrons. The van der Waals surface area contributed by atoms with Gasteiger partial charge in [-0.15, -0.1) is 0 Å². The summed E-state index contributed by atoms with van der Waals surface area (Å²) in [4.78, 5) is 10.4. The standard InChI is InChI=1S/C18H34I2O3/c1-2-3-4-8-11-15(21)14-17(20)16(19)12-9-6-5-7-10-13-18(22)23/h15-17,21H,2-14H2,1H3,(H,22,23). The Morgan fingerprint density at radius 1 is 0.870 bits per heavy atom. The molecule has 0 aliphatic carbocycles. The van der Waals surface area contributed by atoms with E-state index in [1.165, 1.54) is 38.5 Å². The van der Waals surface area contributed by atoms with Gasteiger partial charge >= 0.3 is 5.97 Å². The lowest BCUT2D eigenvalue weighted by atomic mass is 10.0. The van der Waals surface area contributed by atoms with Gasteiger partial charge in [-0.3, -0.25) is 4.79 Å². The minimum atomic E-state index is -0.682. The van der Waals surface area contributed by atoms with Gasteiger partial charge in [0.1, 0.15) is 0 Å². The first kappa shape index (κ1) is 23.9. The summed E-state index contributed by atoms with van der Waals surface area (Å²) in [5.41, 5.74) is 0. The van der Waals surface area contributed by atoms with Gasteiger partial charge in [-0.05, 0) is 25.7 Å². The van der Waals surface area contributed by atoms with Crippen LogP contribution in [0.25, 0.3) is 0 Å². The summed E-state index contributed by atoms with van der Waals surface area (Å²) in [5.74, 6) is -0.682. The second-order valence-electron chi connectivity index (χ2n) is 6.47. The van der Waals surface area contributed by atoms with Gasteiger partial charge in [0.2, 0.25) is 0 Å². The van der Waals surface area contributed by atoms with Crippen molar-refractivity contribution in [1.82, 2.24) is 0 Å². The molecular weight excluding hydrogens is 518 g/mol. The smallest absolute Gasteiger partial charge is 0.303 e. The average molecular weight is 552 g/mol. The molecule has 0 spiro atoms. The molecule has 3 atom stereocenters. The van der Waals surface area contributed by atoms with E-state index in [0.29, 0.717) is 14.3 Å². The van der Waals surface area contributed by atoms with Crippen molar-refractivity contribution in [2.24, 2.45) is 0 Å². The maximum absolute atomic E-state index is 10.4. The van der Waals surface area contributed by atoms with E-state index in [4.69, 9.17) is 5.11 Å². The van der Waals surface area contributed by atoms with Crippen molar-refractivity contribution in [3.05, 3.63) is 0 Å². The third kappa shape index (κ3) is 16.1. The van der Waals surface area contributed by atoms with E-state index >= 15 is 0 Å². The quantitative estimate of drug-likeness (QED) is 0.138. The Labute approximate surface area is 169 Å². The van der Waals surface area contributed by atoms with Gasteiger partial charge in [-0.2, -0.15) is 0 Å². The van der Waals surface area contributed by atoms with Crippen LogP contribution in [0.3, 0.4) is 0 Å². The van der Waals surface area contributed by atoms with Gasteiger partial charge in [-0.1, -0.05) is 103 Å². The molecule has 2 N–H and O–H groups in total. The first-order valence-corrected chi connectivity index (χ1v) is 11.6. The summed E-state index contributed by atoms with van der Waals surface area (Å²) in [7, 11) is 0. The third-order valence-electron chi connectivity index (χ3n) is 4.15. The van der Waals surface area contributed by atoms with E-state index in [1.54, 1.807) is 0 Å². The number of aliphatic carboxylic acids is 1. The van der Waals surface area contributed by atoms with Crippen molar-refractivity contribution < 1.29 is 15.0 Å². The summed E-state index contributed by atoms with van der Waals surface area (Å²) >= 11 is 5.03. The molecule has 5 heteroatoms. The van der Waals surface area contributed by atoms with Gasteiger partial charge in [0.05, 0.1) is 6.10 Å². The van der Waals surface area contributed by atoms with Gasteiger partial charge in [0.15, 0.2) is 0 Å². The normalized spacial score (nSPS) is 15.3. The van der Waals surface area contributed by atoms with Crippen LogP contribution in [-0.2, 0) is 4.79 Å². The maximum atomic E-state index is 10.4. The first-order chi connectivity index (χ1) is 11.0. The van der Waals surface area contributed by atoms with Gasteiger partial charge < -0.3 is 10.2 Å². The molecule has 0 saturated heterocycles. The Bertz CT molecular complexity index is 287. The number of unbranched alkanes of at least 4 members (excludes halogenated alkanes) is 7. The maximum Gasteiger partial charge on any atom is 0.303 e. The summed E-state index contributed by atoms with van der Waals surface area (Å²) < 4.78 is 1.17. The highest BCUT2D eigenvalue weighted by Gasteiger charge is 2.18. The van der Waals surface area contributed by atoms with E-state index in [9.17, 15) is 9.90 Å². The molecule has 138 valence electrons. The first-order valence-electron chi connectivity index (χ1n) is 9.15. The number of carbonyl (C=O) groups is 1. The predicted molar refractivity (Wildman–Crippen MR) is 115 cm³/mol. The molecule has 0 aliphatic rings. The zero-order valence-corrected chi connectivity index (χ0v) is 18.8. The summed E-state index contributed by atoms with van der Waals surface area (Å²) in [5, 5.41) is 18.7. The van der Waals surface area contributed by atoms with Crippen molar-refractivity contribution >= 4 is 51.2 Å². The number of hydrogen-bond donors (Lipinski definition) is 2. The van der Waals surface area contributed by atoms with Crippen LogP contribution in [0.5, 0.6) is 0 Å². The van der Waals surface area contributed by atoms with Crippen LogP contribution in [0.4, 0.5) is 0 Å². The second kappa shape index (κ2) is 16.4. The lowest BCUT2D eigenvalue weighted by molar-refractivity contribution is -0.137. The summed E-state index contributed by atoms with van der Waals surface area (Å²) in [6.45, 7) is 2.21. The number of alkyl halides is 2. The van der Waals surface area contributed by atoms with Crippen LogP contribution in [-0.4, -0.2) is 30.1 Å². The summed E-state index contributed by atoms with van der Waals surface area (Å²) in [6, 6.07) is 0. The van der Waals surface area contributed by atoms with E-state index in [2.05, 4.69) is 52.1 Å². The molecule has 23 heavy (non-hydrogen) atoms. The molecule has 0 aromatic rings. The van der Waals surface area contributed by atoms with Gasteiger partial charge in [0, 0.05) is 14.3 Å². The third-order valence-corrected chi connectivity index (χ3v) is 8.39. The van der Waals surface area contributed by atoms with Crippen molar-refractivity contribution in [2.75, 3.05) is 0 Å².